The molecule has 0 heterocycles. The largest absolute Gasteiger partial charge is 0.354 e. The minimum atomic E-state index is -3.88. The monoisotopic (exact) mass is 479 g/mol. The summed E-state index contributed by atoms with van der Waals surface area (Å²) in [4.78, 5) is 27.2. The SMILES string of the molecule is CCCNC(=O)[C@H](C)N(CCc1ccccc1)C(=O)CN(C)S(=O)(=O)c1ccc(Cl)cc1. The van der Waals surface area contributed by atoms with E-state index in [0.717, 1.165) is 16.3 Å². The molecule has 174 valence electrons. The van der Waals surface area contributed by atoms with Gasteiger partial charge in [-0.1, -0.05) is 48.9 Å². The number of hydrogen-bond acceptors (Lipinski definition) is 4. The zero-order valence-electron chi connectivity index (χ0n) is 18.6. The first-order valence-electron chi connectivity index (χ1n) is 10.5. The summed E-state index contributed by atoms with van der Waals surface area (Å²) in [6.45, 7) is 4.01. The van der Waals surface area contributed by atoms with Crippen LogP contribution in [0.1, 0.15) is 25.8 Å². The number of carbonyl (C=O) groups excluding carboxylic acids is 2. The second-order valence-corrected chi connectivity index (χ2v) is 9.99. The third-order valence-corrected chi connectivity index (χ3v) is 7.15. The molecule has 2 amide bonds. The first-order chi connectivity index (χ1) is 15.2. The molecular formula is C23H30ClN3O4S. The average molecular weight is 480 g/mol. The van der Waals surface area contributed by atoms with Gasteiger partial charge in [0.05, 0.1) is 11.4 Å². The molecule has 2 aromatic carbocycles. The number of likely N-dealkylation sites (N-methyl/N-ethyl adjacent to an activating group) is 1. The van der Waals surface area contributed by atoms with Crippen molar-refractivity contribution in [3.63, 3.8) is 0 Å². The molecule has 0 spiro atoms. The highest BCUT2D eigenvalue weighted by atomic mass is 35.5. The molecule has 0 fully saturated rings. The molecule has 2 aromatic rings. The van der Waals surface area contributed by atoms with E-state index < -0.39 is 22.0 Å². The van der Waals surface area contributed by atoms with Crippen molar-refractivity contribution in [1.82, 2.24) is 14.5 Å². The van der Waals surface area contributed by atoms with E-state index in [9.17, 15) is 18.0 Å². The maximum Gasteiger partial charge on any atom is 0.243 e. The molecule has 1 atom stereocenters. The van der Waals surface area contributed by atoms with Gasteiger partial charge in [0.15, 0.2) is 0 Å². The molecule has 0 bridgehead atoms. The van der Waals surface area contributed by atoms with E-state index >= 15 is 0 Å². The van der Waals surface area contributed by atoms with Crippen LogP contribution in [0, 0.1) is 0 Å². The highest BCUT2D eigenvalue weighted by Crippen LogP contribution is 2.18. The van der Waals surface area contributed by atoms with Gasteiger partial charge in [0.1, 0.15) is 6.04 Å². The predicted octanol–water partition coefficient (Wildman–Crippen LogP) is 2.95. The van der Waals surface area contributed by atoms with Crippen LogP contribution in [0.3, 0.4) is 0 Å². The van der Waals surface area contributed by atoms with Crippen LogP contribution >= 0.6 is 11.6 Å². The molecule has 7 nitrogen and oxygen atoms in total. The maximum atomic E-state index is 13.1. The van der Waals surface area contributed by atoms with Gasteiger partial charge in [0.2, 0.25) is 21.8 Å². The lowest BCUT2D eigenvalue weighted by Gasteiger charge is -2.30. The fourth-order valence-electron chi connectivity index (χ4n) is 3.12. The average Bonchev–Trinajstić information content (AvgIpc) is 2.78. The van der Waals surface area contributed by atoms with E-state index in [4.69, 9.17) is 11.6 Å². The van der Waals surface area contributed by atoms with Gasteiger partial charge in [-0.15, -0.1) is 0 Å². The van der Waals surface area contributed by atoms with Crippen LogP contribution in [0.2, 0.25) is 5.02 Å². The highest BCUT2D eigenvalue weighted by Gasteiger charge is 2.29. The number of amides is 2. The molecule has 0 aliphatic carbocycles. The second-order valence-electron chi connectivity index (χ2n) is 7.50. The lowest BCUT2D eigenvalue weighted by atomic mass is 10.1. The Morgan fingerprint density at radius 2 is 1.69 bits per heavy atom. The number of hydrogen-bond donors (Lipinski definition) is 1. The molecule has 1 N–H and O–H groups in total. The summed E-state index contributed by atoms with van der Waals surface area (Å²) >= 11 is 5.85. The van der Waals surface area contributed by atoms with Gasteiger partial charge in [-0.3, -0.25) is 9.59 Å². The van der Waals surface area contributed by atoms with Crippen molar-refractivity contribution in [2.75, 3.05) is 26.7 Å². The van der Waals surface area contributed by atoms with Gasteiger partial charge < -0.3 is 10.2 Å². The minimum absolute atomic E-state index is 0.0433. The Labute approximate surface area is 195 Å². The van der Waals surface area contributed by atoms with Crippen LogP contribution in [0.4, 0.5) is 0 Å². The number of benzene rings is 2. The Morgan fingerprint density at radius 1 is 1.06 bits per heavy atom. The zero-order valence-corrected chi connectivity index (χ0v) is 20.2. The second kappa shape index (κ2) is 12.0. The van der Waals surface area contributed by atoms with E-state index in [0.29, 0.717) is 24.5 Å². The summed E-state index contributed by atoms with van der Waals surface area (Å²) in [6, 6.07) is 14.6. The molecular weight excluding hydrogens is 450 g/mol. The molecule has 0 aliphatic heterocycles. The molecule has 0 unspecified atom stereocenters. The van der Waals surface area contributed by atoms with Crippen LogP contribution in [0.25, 0.3) is 0 Å². The Hall–Kier alpha value is -2.42. The standard InChI is InChI=1S/C23H30ClN3O4S/c1-4-15-25-23(29)18(2)27(16-14-19-8-6-5-7-9-19)22(28)17-26(3)32(30,31)21-12-10-20(24)11-13-21/h5-13,18H,4,14-17H2,1-3H3,(H,25,29)/t18-/m0/s1. The number of rotatable bonds is 11. The zero-order chi connectivity index (χ0) is 23.7. The van der Waals surface area contributed by atoms with Crippen molar-refractivity contribution in [3.8, 4) is 0 Å². The van der Waals surface area contributed by atoms with Gasteiger partial charge in [-0.05, 0) is 49.6 Å². The molecule has 0 radical (unpaired) electrons. The van der Waals surface area contributed by atoms with E-state index in [-0.39, 0.29) is 17.3 Å². The topological polar surface area (TPSA) is 86.8 Å². The first kappa shape index (κ1) is 25.8. The summed E-state index contributed by atoms with van der Waals surface area (Å²) < 4.78 is 26.7. The molecule has 32 heavy (non-hydrogen) atoms. The Balaban J connectivity index is 2.17. The molecule has 2 rings (SSSR count). The van der Waals surface area contributed by atoms with Gasteiger partial charge in [-0.2, -0.15) is 4.31 Å². The van der Waals surface area contributed by atoms with Crippen molar-refractivity contribution in [2.24, 2.45) is 0 Å². The number of nitrogens with one attached hydrogen (secondary N) is 1. The van der Waals surface area contributed by atoms with Gasteiger partial charge in [0.25, 0.3) is 0 Å². The summed E-state index contributed by atoms with van der Waals surface area (Å²) in [5, 5.41) is 3.22. The Morgan fingerprint density at radius 3 is 2.28 bits per heavy atom. The summed E-state index contributed by atoms with van der Waals surface area (Å²) in [6.07, 6.45) is 1.32. The van der Waals surface area contributed by atoms with Crippen molar-refractivity contribution < 1.29 is 18.0 Å². The number of carbonyl (C=O) groups is 2. The number of nitrogens with zero attached hydrogens (tertiary/aromatic N) is 2. The molecule has 0 aromatic heterocycles. The van der Waals surface area contributed by atoms with E-state index in [1.54, 1.807) is 6.92 Å². The minimum Gasteiger partial charge on any atom is -0.354 e. The van der Waals surface area contributed by atoms with Crippen LogP contribution in [-0.2, 0) is 26.0 Å². The first-order valence-corrected chi connectivity index (χ1v) is 12.3. The lowest BCUT2D eigenvalue weighted by Crippen LogP contribution is -2.51. The van der Waals surface area contributed by atoms with E-state index in [1.807, 2.05) is 37.3 Å². The van der Waals surface area contributed by atoms with Crippen molar-refractivity contribution in [3.05, 3.63) is 65.2 Å². The summed E-state index contributed by atoms with van der Waals surface area (Å²) in [7, 11) is -2.54. The maximum absolute atomic E-state index is 13.1. The molecule has 0 saturated carbocycles. The van der Waals surface area contributed by atoms with Crippen LogP contribution in [0.5, 0.6) is 0 Å². The normalized spacial score (nSPS) is 12.4. The number of halogens is 1. The summed E-state index contributed by atoms with van der Waals surface area (Å²) in [5.74, 6) is -0.711. The van der Waals surface area contributed by atoms with Crippen LogP contribution < -0.4 is 5.32 Å². The number of sulfonamides is 1. The Bertz CT molecular complexity index is 998. The molecule has 0 saturated heterocycles. The predicted molar refractivity (Wildman–Crippen MR) is 126 cm³/mol. The van der Waals surface area contributed by atoms with Crippen LogP contribution in [-0.4, -0.2) is 62.2 Å². The highest BCUT2D eigenvalue weighted by molar-refractivity contribution is 7.89. The van der Waals surface area contributed by atoms with Crippen molar-refractivity contribution >= 4 is 33.4 Å². The third kappa shape index (κ3) is 7.05. The van der Waals surface area contributed by atoms with Gasteiger partial charge in [0, 0.05) is 25.2 Å². The van der Waals surface area contributed by atoms with Gasteiger partial charge in [-0.25, -0.2) is 8.42 Å². The molecule has 0 aliphatic rings. The quantitative estimate of drug-likeness (QED) is 0.536. The smallest absolute Gasteiger partial charge is 0.243 e. The summed E-state index contributed by atoms with van der Waals surface area (Å²) in [5.41, 5.74) is 1.02. The fourth-order valence-corrected chi connectivity index (χ4v) is 4.37. The Kier molecular flexibility index (Phi) is 9.68. The van der Waals surface area contributed by atoms with Crippen molar-refractivity contribution in [1.29, 1.82) is 0 Å². The fraction of sp³-hybridized carbons (Fsp3) is 0.391. The van der Waals surface area contributed by atoms with Crippen molar-refractivity contribution in [2.45, 2.75) is 37.6 Å². The van der Waals surface area contributed by atoms with Crippen LogP contribution in [0.15, 0.2) is 59.5 Å². The van der Waals surface area contributed by atoms with E-state index in [1.165, 1.54) is 36.2 Å². The van der Waals surface area contributed by atoms with Gasteiger partial charge >= 0.3 is 0 Å². The lowest BCUT2D eigenvalue weighted by molar-refractivity contribution is -0.139. The van der Waals surface area contributed by atoms with E-state index in [2.05, 4.69) is 5.32 Å². The molecule has 9 heteroatoms. The third-order valence-electron chi connectivity index (χ3n) is 5.08.